The number of thiophene rings is 1. The molecule has 1 fully saturated rings. The third-order valence-electron chi connectivity index (χ3n) is 3.74. The first-order chi connectivity index (χ1) is 9.72. The lowest BCUT2D eigenvalue weighted by Gasteiger charge is -2.31. The highest BCUT2D eigenvalue weighted by atomic mass is 32.1. The first-order valence-corrected chi connectivity index (χ1v) is 8.05. The summed E-state index contributed by atoms with van der Waals surface area (Å²) in [5, 5.41) is 10.6. The van der Waals surface area contributed by atoms with E-state index in [0.717, 1.165) is 23.3 Å². The Morgan fingerprint density at radius 3 is 2.90 bits per heavy atom. The molecule has 1 aliphatic carbocycles. The lowest BCUT2D eigenvalue weighted by molar-refractivity contribution is 0.0697. The summed E-state index contributed by atoms with van der Waals surface area (Å²) in [7, 11) is 1.91. The van der Waals surface area contributed by atoms with Crippen molar-refractivity contribution in [1.82, 2.24) is 4.90 Å². The second-order valence-electron chi connectivity index (χ2n) is 5.18. The van der Waals surface area contributed by atoms with E-state index < -0.39 is 0 Å². The fourth-order valence-electron chi connectivity index (χ4n) is 2.56. The fraction of sp³-hybridized carbons (Fsp3) is 0.562. The molecular weight excluding hydrogens is 270 g/mol. The van der Waals surface area contributed by atoms with Gasteiger partial charge in [0.25, 0.3) is 5.91 Å². The van der Waals surface area contributed by atoms with Crippen LogP contribution in [0.3, 0.4) is 0 Å². The Morgan fingerprint density at radius 1 is 1.45 bits per heavy atom. The van der Waals surface area contributed by atoms with Crippen molar-refractivity contribution < 1.29 is 9.90 Å². The van der Waals surface area contributed by atoms with E-state index in [2.05, 4.69) is 11.8 Å². The van der Waals surface area contributed by atoms with E-state index in [4.69, 9.17) is 5.11 Å². The molecule has 3 nitrogen and oxygen atoms in total. The number of hydrogen-bond acceptors (Lipinski definition) is 3. The van der Waals surface area contributed by atoms with Crippen LogP contribution in [0.4, 0.5) is 0 Å². The van der Waals surface area contributed by atoms with Crippen molar-refractivity contribution in [3.63, 3.8) is 0 Å². The molecule has 1 aliphatic rings. The quantitative estimate of drug-likeness (QED) is 0.870. The lowest BCUT2D eigenvalue weighted by atomic mass is 9.94. The molecule has 0 aliphatic heterocycles. The van der Waals surface area contributed by atoms with Gasteiger partial charge < -0.3 is 10.0 Å². The minimum Gasteiger partial charge on any atom is -0.395 e. The van der Waals surface area contributed by atoms with Gasteiger partial charge in [-0.1, -0.05) is 31.1 Å². The van der Waals surface area contributed by atoms with Crippen LogP contribution in [0.1, 0.15) is 53.8 Å². The maximum Gasteiger partial charge on any atom is 0.254 e. The van der Waals surface area contributed by atoms with Crippen LogP contribution in [0.5, 0.6) is 0 Å². The van der Waals surface area contributed by atoms with Gasteiger partial charge in [-0.2, -0.15) is 0 Å². The Morgan fingerprint density at radius 2 is 2.20 bits per heavy atom. The molecule has 0 bridgehead atoms. The molecule has 1 aromatic rings. The molecule has 0 spiro atoms. The van der Waals surface area contributed by atoms with E-state index in [1.807, 2.05) is 23.4 Å². The zero-order valence-corrected chi connectivity index (χ0v) is 12.7. The Labute approximate surface area is 124 Å². The normalized spacial score (nSPS) is 15.5. The molecule has 1 amide bonds. The maximum atomic E-state index is 12.4. The van der Waals surface area contributed by atoms with Gasteiger partial charge in [0.05, 0.1) is 17.0 Å². The standard InChI is InChI=1S/C16H21NO2S/c1-17(14-7-3-2-4-8-14)16(19)13-11-15(20-12-13)9-5-6-10-18/h11-12,14,18H,2-4,6-8,10H2,1H3. The largest absolute Gasteiger partial charge is 0.395 e. The van der Waals surface area contributed by atoms with Crippen molar-refractivity contribution >= 4 is 17.2 Å². The van der Waals surface area contributed by atoms with E-state index in [1.54, 1.807) is 0 Å². The molecule has 1 aromatic heterocycles. The van der Waals surface area contributed by atoms with E-state index in [-0.39, 0.29) is 12.5 Å². The molecule has 0 saturated heterocycles. The monoisotopic (exact) mass is 291 g/mol. The highest BCUT2D eigenvalue weighted by Gasteiger charge is 2.23. The number of nitrogens with zero attached hydrogens (tertiary/aromatic N) is 1. The number of carbonyl (C=O) groups excluding carboxylic acids is 1. The van der Waals surface area contributed by atoms with Crippen LogP contribution in [0.2, 0.25) is 0 Å². The number of aliphatic hydroxyl groups is 1. The van der Waals surface area contributed by atoms with E-state index in [9.17, 15) is 4.79 Å². The average molecular weight is 291 g/mol. The summed E-state index contributed by atoms with van der Waals surface area (Å²) in [5.74, 6) is 5.96. The van der Waals surface area contributed by atoms with Gasteiger partial charge in [-0.25, -0.2) is 0 Å². The first-order valence-electron chi connectivity index (χ1n) is 7.18. The summed E-state index contributed by atoms with van der Waals surface area (Å²) in [6.45, 7) is 0.0780. The van der Waals surface area contributed by atoms with Gasteiger partial charge in [0.15, 0.2) is 0 Å². The molecule has 2 rings (SSSR count). The summed E-state index contributed by atoms with van der Waals surface area (Å²) in [6, 6.07) is 2.25. The molecular formula is C16H21NO2S. The third kappa shape index (κ3) is 3.84. The average Bonchev–Trinajstić information content (AvgIpc) is 2.96. The van der Waals surface area contributed by atoms with Crippen LogP contribution >= 0.6 is 11.3 Å². The molecule has 108 valence electrons. The Balaban J connectivity index is 2.00. The number of hydrogen-bond donors (Lipinski definition) is 1. The number of rotatable bonds is 3. The maximum absolute atomic E-state index is 12.4. The molecule has 0 radical (unpaired) electrons. The third-order valence-corrected chi connectivity index (χ3v) is 4.58. The van der Waals surface area contributed by atoms with Crippen LogP contribution in [-0.2, 0) is 0 Å². The van der Waals surface area contributed by atoms with Crippen LogP contribution in [0.25, 0.3) is 0 Å². The summed E-state index contributed by atoms with van der Waals surface area (Å²) in [6.07, 6.45) is 6.46. The Kier molecular flexibility index (Phi) is 5.63. The summed E-state index contributed by atoms with van der Waals surface area (Å²) < 4.78 is 0. The van der Waals surface area contributed by atoms with Gasteiger partial charge in [-0.3, -0.25) is 4.79 Å². The second kappa shape index (κ2) is 7.47. The lowest BCUT2D eigenvalue weighted by Crippen LogP contribution is -2.38. The van der Waals surface area contributed by atoms with E-state index in [1.165, 1.54) is 30.6 Å². The molecule has 0 atom stereocenters. The van der Waals surface area contributed by atoms with Gasteiger partial charge in [-0.05, 0) is 18.9 Å². The van der Waals surface area contributed by atoms with E-state index >= 15 is 0 Å². The van der Waals surface area contributed by atoms with Crippen molar-refractivity contribution in [3.05, 3.63) is 21.9 Å². The fourth-order valence-corrected chi connectivity index (χ4v) is 3.31. The van der Waals surface area contributed by atoms with Crippen LogP contribution in [0.15, 0.2) is 11.4 Å². The van der Waals surface area contributed by atoms with Crippen LogP contribution in [-0.4, -0.2) is 35.6 Å². The predicted molar refractivity (Wildman–Crippen MR) is 81.9 cm³/mol. The Bertz CT molecular complexity index is 506. The smallest absolute Gasteiger partial charge is 0.254 e. The minimum absolute atomic E-state index is 0.0780. The van der Waals surface area contributed by atoms with Crippen molar-refractivity contribution in [2.45, 2.75) is 44.6 Å². The highest BCUT2D eigenvalue weighted by Crippen LogP contribution is 2.24. The molecule has 1 saturated carbocycles. The van der Waals surface area contributed by atoms with Crippen molar-refractivity contribution in [2.75, 3.05) is 13.7 Å². The van der Waals surface area contributed by atoms with Gasteiger partial charge >= 0.3 is 0 Å². The van der Waals surface area contributed by atoms with Crippen molar-refractivity contribution in [2.24, 2.45) is 0 Å². The molecule has 1 N–H and O–H groups in total. The van der Waals surface area contributed by atoms with Gasteiger partial charge in [0.1, 0.15) is 0 Å². The zero-order valence-electron chi connectivity index (χ0n) is 11.9. The van der Waals surface area contributed by atoms with Gasteiger partial charge in [0, 0.05) is 24.9 Å². The molecule has 1 heterocycles. The first kappa shape index (κ1) is 15.1. The van der Waals surface area contributed by atoms with Crippen LogP contribution in [0, 0.1) is 11.8 Å². The Hall–Kier alpha value is -1.31. The summed E-state index contributed by atoms with van der Waals surface area (Å²) >= 11 is 1.49. The predicted octanol–water partition coefficient (Wildman–Crippen LogP) is 2.89. The van der Waals surface area contributed by atoms with Gasteiger partial charge in [0.2, 0.25) is 0 Å². The van der Waals surface area contributed by atoms with Crippen LogP contribution < -0.4 is 0 Å². The zero-order chi connectivity index (χ0) is 14.4. The van der Waals surface area contributed by atoms with E-state index in [0.29, 0.717) is 12.5 Å². The number of amides is 1. The molecule has 4 heteroatoms. The highest BCUT2D eigenvalue weighted by molar-refractivity contribution is 7.10. The number of aliphatic hydroxyl groups excluding tert-OH is 1. The van der Waals surface area contributed by atoms with Crippen molar-refractivity contribution in [3.8, 4) is 11.8 Å². The molecule has 0 aromatic carbocycles. The molecule has 20 heavy (non-hydrogen) atoms. The van der Waals surface area contributed by atoms with Gasteiger partial charge in [-0.15, -0.1) is 11.3 Å². The topological polar surface area (TPSA) is 40.5 Å². The number of carbonyl (C=O) groups is 1. The summed E-state index contributed by atoms with van der Waals surface area (Å²) in [4.78, 5) is 15.2. The second-order valence-corrected chi connectivity index (χ2v) is 6.09. The minimum atomic E-state index is 0.0780. The van der Waals surface area contributed by atoms with Crippen molar-refractivity contribution in [1.29, 1.82) is 0 Å². The molecule has 0 unspecified atom stereocenters. The summed E-state index contributed by atoms with van der Waals surface area (Å²) in [5.41, 5.74) is 0.733. The SMILES string of the molecule is CN(C(=O)c1csc(C#CCCO)c1)C1CCCCC1.